The summed E-state index contributed by atoms with van der Waals surface area (Å²) in [5.74, 6) is 1.40. The number of allylic oxidation sites excluding steroid dienone is 1. The largest absolute Gasteiger partial charge is 0.256 e. The third-order valence-corrected chi connectivity index (χ3v) is 3.50. The third kappa shape index (κ3) is 2.46. The van der Waals surface area contributed by atoms with Gasteiger partial charge in [-0.25, -0.2) is 19.2 Å². The number of fused-ring (bicyclic) bond motifs is 1. The minimum Gasteiger partial charge on any atom is -0.256 e. The van der Waals surface area contributed by atoms with Crippen LogP contribution in [0, 0.1) is 13.8 Å². The zero-order chi connectivity index (χ0) is 15.1. The van der Waals surface area contributed by atoms with E-state index in [1.165, 1.54) is 0 Å². The summed E-state index contributed by atoms with van der Waals surface area (Å²) in [7, 11) is 1.85. The molecule has 3 aromatic rings. The van der Waals surface area contributed by atoms with Gasteiger partial charge in [-0.1, -0.05) is 0 Å². The van der Waals surface area contributed by atoms with Crippen molar-refractivity contribution in [3.8, 4) is 0 Å². The smallest absolute Gasteiger partial charge is 0.217 e. The fourth-order valence-electron chi connectivity index (χ4n) is 2.13. The van der Waals surface area contributed by atoms with E-state index in [2.05, 4.69) is 41.1 Å². The highest BCUT2D eigenvalue weighted by Crippen LogP contribution is 2.17. The summed E-state index contributed by atoms with van der Waals surface area (Å²) in [6.45, 7) is 5.83. The summed E-state index contributed by atoms with van der Waals surface area (Å²) in [6, 6.07) is 0. The van der Waals surface area contributed by atoms with Gasteiger partial charge in [-0.15, -0.1) is 10.2 Å². The minimum atomic E-state index is 0.562. The van der Waals surface area contributed by atoms with Crippen LogP contribution in [0.3, 0.4) is 0 Å². The zero-order valence-electron chi connectivity index (χ0n) is 12.2. The summed E-state index contributed by atoms with van der Waals surface area (Å²) >= 11 is 3.27. The van der Waals surface area contributed by atoms with E-state index in [-0.39, 0.29) is 0 Å². The number of nitrogens with zero attached hydrogens (tertiary/aromatic N) is 7. The minimum absolute atomic E-state index is 0.562. The monoisotopic (exact) mass is 347 g/mol. The molecule has 0 N–H and O–H groups in total. The van der Waals surface area contributed by atoms with Crippen molar-refractivity contribution in [2.45, 2.75) is 20.8 Å². The molecule has 3 rings (SSSR count). The average molecular weight is 348 g/mol. The van der Waals surface area contributed by atoms with Gasteiger partial charge in [0.15, 0.2) is 17.3 Å². The molecule has 3 aromatic heterocycles. The third-order valence-electron chi connectivity index (χ3n) is 3.16. The van der Waals surface area contributed by atoms with Gasteiger partial charge in [0.25, 0.3) is 0 Å². The normalized spacial score (nSPS) is 12.3. The van der Waals surface area contributed by atoms with E-state index in [9.17, 15) is 0 Å². The highest BCUT2D eigenvalue weighted by Gasteiger charge is 2.10. The summed E-state index contributed by atoms with van der Waals surface area (Å²) in [5.41, 5.74) is 3.51. The predicted molar refractivity (Wildman–Crippen MR) is 82.5 cm³/mol. The molecule has 3 heterocycles. The molecular formula is C13H14BrN7. The van der Waals surface area contributed by atoms with Crippen LogP contribution in [0.2, 0.25) is 0 Å². The number of aryl methyl sites for hydroxylation is 3. The standard InChI is InChI=1S/C13H14BrN7/c1-7(11-17-13(14)19-20(11)4)5-10-16-12-9(3)15-6-8(2)21(12)18-10/h5-6H,1-4H3. The Balaban J connectivity index is 2.09. The molecule has 7 nitrogen and oxygen atoms in total. The van der Waals surface area contributed by atoms with Gasteiger partial charge in [0.05, 0.1) is 11.4 Å². The molecule has 0 unspecified atom stereocenters. The van der Waals surface area contributed by atoms with Gasteiger partial charge in [0, 0.05) is 13.2 Å². The van der Waals surface area contributed by atoms with Crippen molar-refractivity contribution in [3.63, 3.8) is 0 Å². The highest BCUT2D eigenvalue weighted by atomic mass is 79.9. The van der Waals surface area contributed by atoms with Crippen LogP contribution in [0.15, 0.2) is 10.9 Å². The Hall–Kier alpha value is -2.09. The van der Waals surface area contributed by atoms with Gasteiger partial charge in [-0.05, 0) is 48.4 Å². The Morgan fingerprint density at radius 2 is 2.00 bits per heavy atom. The summed E-state index contributed by atoms with van der Waals surface area (Å²) in [4.78, 5) is 13.1. The van der Waals surface area contributed by atoms with Gasteiger partial charge < -0.3 is 0 Å². The van der Waals surface area contributed by atoms with Crippen LogP contribution in [-0.4, -0.2) is 34.3 Å². The van der Waals surface area contributed by atoms with Gasteiger partial charge >= 0.3 is 0 Å². The Bertz CT molecular complexity index is 820. The number of aromatic nitrogens is 7. The molecule has 0 aliphatic heterocycles. The van der Waals surface area contributed by atoms with E-state index in [1.807, 2.05) is 33.9 Å². The Labute approximate surface area is 129 Å². The first-order chi connectivity index (χ1) is 9.95. The van der Waals surface area contributed by atoms with Crippen LogP contribution in [0.4, 0.5) is 0 Å². The molecule has 0 saturated heterocycles. The first-order valence-corrected chi connectivity index (χ1v) is 7.19. The van der Waals surface area contributed by atoms with E-state index in [4.69, 9.17) is 0 Å². The van der Waals surface area contributed by atoms with Crippen LogP contribution >= 0.6 is 15.9 Å². The van der Waals surface area contributed by atoms with Gasteiger partial charge in [0.2, 0.25) is 4.73 Å². The quantitative estimate of drug-likeness (QED) is 0.710. The topological polar surface area (TPSA) is 73.8 Å². The van der Waals surface area contributed by atoms with Crippen LogP contribution in [0.5, 0.6) is 0 Å². The Morgan fingerprint density at radius 1 is 1.24 bits per heavy atom. The van der Waals surface area contributed by atoms with Gasteiger partial charge in [0.1, 0.15) is 0 Å². The lowest BCUT2D eigenvalue weighted by molar-refractivity contribution is 0.747. The van der Waals surface area contributed by atoms with E-state index in [0.717, 1.165) is 28.4 Å². The molecule has 0 amide bonds. The van der Waals surface area contributed by atoms with Crippen molar-refractivity contribution in [2.75, 3.05) is 0 Å². The van der Waals surface area contributed by atoms with Crippen LogP contribution in [-0.2, 0) is 7.05 Å². The molecule has 0 aromatic carbocycles. The molecule has 21 heavy (non-hydrogen) atoms. The van der Waals surface area contributed by atoms with Crippen LogP contribution < -0.4 is 0 Å². The first-order valence-electron chi connectivity index (χ1n) is 6.40. The van der Waals surface area contributed by atoms with Crippen molar-refractivity contribution in [1.29, 1.82) is 0 Å². The molecule has 0 aliphatic rings. The average Bonchev–Trinajstić information content (AvgIpc) is 2.98. The van der Waals surface area contributed by atoms with E-state index < -0.39 is 0 Å². The molecule has 0 atom stereocenters. The maximum atomic E-state index is 4.52. The molecule has 0 saturated carbocycles. The van der Waals surface area contributed by atoms with Crippen molar-refractivity contribution in [1.82, 2.24) is 34.3 Å². The Morgan fingerprint density at radius 3 is 2.62 bits per heavy atom. The second-order valence-corrected chi connectivity index (χ2v) is 5.56. The molecule has 0 aliphatic carbocycles. The van der Waals surface area contributed by atoms with Crippen LogP contribution in [0.25, 0.3) is 17.3 Å². The SMILES string of the molecule is CC(=Cc1nc2c(C)ncc(C)n2n1)c1nc(Br)nn1C. The fraction of sp³-hybridized carbons (Fsp3) is 0.308. The number of rotatable bonds is 2. The molecule has 0 bridgehead atoms. The van der Waals surface area contributed by atoms with Crippen molar-refractivity contribution in [2.24, 2.45) is 7.05 Å². The van der Waals surface area contributed by atoms with E-state index in [0.29, 0.717) is 10.6 Å². The van der Waals surface area contributed by atoms with Gasteiger partial charge in [-0.2, -0.15) is 0 Å². The predicted octanol–water partition coefficient (Wildman–Crippen LogP) is 2.19. The van der Waals surface area contributed by atoms with E-state index >= 15 is 0 Å². The summed E-state index contributed by atoms with van der Waals surface area (Å²) < 4.78 is 4.07. The molecule has 8 heteroatoms. The van der Waals surface area contributed by atoms with Crippen molar-refractivity contribution < 1.29 is 0 Å². The second kappa shape index (κ2) is 5.03. The summed E-state index contributed by atoms with van der Waals surface area (Å²) in [6.07, 6.45) is 3.68. The number of hydrogen-bond acceptors (Lipinski definition) is 5. The lowest BCUT2D eigenvalue weighted by Gasteiger charge is -1.98. The summed E-state index contributed by atoms with van der Waals surface area (Å²) in [5, 5.41) is 8.67. The molecule has 0 fully saturated rings. The van der Waals surface area contributed by atoms with Crippen molar-refractivity contribution in [3.05, 3.63) is 34.0 Å². The molecule has 0 radical (unpaired) electrons. The maximum Gasteiger partial charge on any atom is 0.217 e. The number of halogens is 1. The second-order valence-electron chi connectivity index (χ2n) is 4.85. The molecule has 108 valence electrons. The maximum absolute atomic E-state index is 4.52. The lowest BCUT2D eigenvalue weighted by Crippen LogP contribution is -1.98. The zero-order valence-corrected chi connectivity index (χ0v) is 13.7. The highest BCUT2D eigenvalue weighted by molar-refractivity contribution is 9.10. The first kappa shape index (κ1) is 13.9. The lowest BCUT2D eigenvalue weighted by atomic mass is 10.2. The fourth-order valence-corrected chi connectivity index (χ4v) is 2.53. The molecular weight excluding hydrogens is 334 g/mol. The Kier molecular flexibility index (Phi) is 3.32. The van der Waals surface area contributed by atoms with Gasteiger partial charge in [-0.3, -0.25) is 4.98 Å². The van der Waals surface area contributed by atoms with Crippen molar-refractivity contribution >= 4 is 33.2 Å². The van der Waals surface area contributed by atoms with Crippen LogP contribution in [0.1, 0.15) is 30.0 Å². The number of hydrogen-bond donors (Lipinski definition) is 0. The molecule has 0 spiro atoms. The van der Waals surface area contributed by atoms with E-state index in [1.54, 1.807) is 15.4 Å².